The zero-order chi connectivity index (χ0) is 8.97. The lowest BCUT2D eigenvalue weighted by Gasteiger charge is -2.11. The van der Waals surface area contributed by atoms with Gasteiger partial charge in [-0.15, -0.1) is 0 Å². The van der Waals surface area contributed by atoms with Crippen LogP contribution in [-0.4, -0.2) is 11.0 Å². The molecule has 2 unspecified atom stereocenters. The maximum Gasteiger partial charge on any atom is 0.0448 e. The molecule has 1 rings (SSSR count). The molecule has 0 amide bonds. The summed E-state index contributed by atoms with van der Waals surface area (Å²) < 4.78 is 0. The Labute approximate surface area is 73.1 Å². The van der Waals surface area contributed by atoms with Gasteiger partial charge in [-0.1, -0.05) is 0 Å². The van der Waals surface area contributed by atoms with Gasteiger partial charge in [0.2, 0.25) is 0 Å². The van der Waals surface area contributed by atoms with Crippen LogP contribution in [0.15, 0.2) is 18.3 Å². The molecule has 5 N–H and O–H groups in total. The van der Waals surface area contributed by atoms with Gasteiger partial charge >= 0.3 is 0 Å². The van der Waals surface area contributed by atoms with Crippen molar-refractivity contribution in [3.63, 3.8) is 0 Å². The summed E-state index contributed by atoms with van der Waals surface area (Å²) in [5, 5.41) is 0. The van der Waals surface area contributed by atoms with Crippen molar-refractivity contribution in [3.8, 4) is 0 Å². The van der Waals surface area contributed by atoms with Crippen LogP contribution in [0, 0.1) is 0 Å². The van der Waals surface area contributed by atoms with E-state index < -0.39 is 0 Å². The summed E-state index contributed by atoms with van der Waals surface area (Å²) in [6.45, 7) is 2.00. The molecule has 68 valence electrons. The minimum Gasteiger partial charge on any atom is -0.364 e. The summed E-state index contributed by atoms with van der Waals surface area (Å²) in [5.74, 6) is 0. The first kappa shape index (κ1) is 9.29. The molecule has 0 spiro atoms. The van der Waals surface area contributed by atoms with E-state index in [0.717, 1.165) is 18.5 Å². The SMILES string of the molecule is CC(N)CCC(N)c1ccc[nH]1. The van der Waals surface area contributed by atoms with Crippen LogP contribution in [0.5, 0.6) is 0 Å². The Hall–Kier alpha value is -0.800. The molecule has 1 aromatic heterocycles. The van der Waals surface area contributed by atoms with Gasteiger partial charge in [0.05, 0.1) is 0 Å². The van der Waals surface area contributed by atoms with E-state index in [1.165, 1.54) is 0 Å². The smallest absolute Gasteiger partial charge is 0.0448 e. The predicted octanol–water partition coefficient (Wildman–Crippen LogP) is 1.14. The van der Waals surface area contributed by atoms with Gasteiger partial charge in [-0.2, -0.15) is 0 Å². The van der Waals surface area contributed by atoms with E-state index in [4.69, 9.17) is 11.5 Å². The van der Waals surface area contributed by atoms with Gasteiger partial charge in [0.15, 0.2) is 0 Å². The van der Waals surface area contributed by atoms with Crippen molar-refractivity contribution in [1.29, 1.82) is 0 Å². The van der Waals surface area contributed by atoms with Gasteiger partial charge < -0.3 is 16.5 Å². The molecule has 3 heteroatoms. The van der Waals surface area contributed by atoms with Gasteiger partial charge in [-0.05, 0) is 31.9 Å². The minimum absolute atomic E-state index is 0.103. The number of rotatable bonds is 4. The number of aromatic nitrogens is 1. The fraction of sp³-hybridized carbons (Fsp3) is 0.556. The van der Waals surface area contributed by atoms with Crippen molar-refractivity contribution in [2.75, 3.05) is 0 Å². The number of nitrogens with two attached hydrogens (primary N) is 2. The quantitative estimate of drug-likeness (QED) is 0.629. The Balaban J connectivity index is 2.34. The normalized spacial score (nSPS) is 15.9. The van der Waals surface area contributed by atoms with Crippen LogP contribution in [0.2, 0.25) is 0 Å². The van der Waals surface area contributed by atoms with Gasteiger partial charge in [0, 0.05) is 24.0 Å². The number of hydrogen-bond donors (Lipinski definition) is 3. The van der Waals surface area contributed by atoms with Crippen molar-refractivity contribution in [2.45, 2.75) is 31.8 Å². The second-order valence-corrected chi connectivity index (χ2v) is 3.29. The number of H-pyrrole nitrogens is 1. The Morgan fingerprint density at radius 1 is 1.42 bits per heavy atom. The summed E-state index contributed by atoms with van der Waals surface area (Å²) >= 11 is 0. The van der Waals surface area contributed by atoms with Crippen LogP contribution in [-0.2, 0) is 0 Å². The molecule has 0 saturated heterocycles. The fourth-order valence-corrected chi connectivity index (χ4v) is 1.17. The van der Waals surface area contributed by atoms with Crippen LogP contribution >= 0.6 is 0 Å². The Bertz CT molecular complexity index is 204. The molecule has 0 fully saturated rings. The summed E-state index contributed by atoms with van der Waals surface area (Å²) in [6.07, 6.45) is 3.80. The lowest BCUT2D eigenvalue weighted by molar-refractivity contribution is 0.548. The first-order valence-corrected chi connectivity index (χ1v) is 4.34. The Morgan fingerprint density at radius 2 is 2.17 bits per heavy atom. The van der Waals surface area contributed by atoms with Crippen LogP contribution in [0.4, 0.5) is 0 Å². The standard InChI is InChI=1S/C9H17N3/c1-7(10)4-5-8(11)9-3-2-6-12-9/h2-3,6-8,12H,4-5,10-11H2,1H3. The highest BCUT2D eigenvalue weighted by molar-refractivity contribution is 5.08. The van der Waals surface area contributed by atoms with Crippen LogP contribution in [0.1, 0.15) is 31.5 Å². The molecule has 3 nitrogen and oxygen atoms in total. The lowest BCUT2D eigenvalue weighted by atomic mass is 10.1. The van der Waals surface area contributed by atoms with E-state index in [1.54, 1.807) is 0 Å². The zero-order valence-corrected chi connectivity index (χ0v) is 7.46. The van der Waals surface area contributed by atoms with Gasteiger partial charge in [-0.25, -0.2) is 0 Å². The molecule has 0 saturated carbocycles. The van der Waals surface area contributed by atoms with Crippen LogP contribution in [0.3, 0.4) is 0 Å². The molecule has 0 aliphatic heterocycles. The second-order valence-electron chi connectivity index (χ2n) is 3.29. The van der Waals surface area contributed by atoms with Crippen molar-refractivity contribution >= 4 is 0 Å². The molecule has 12 heavy (non-hydrogen) atoms. The maximum atomic E-state index is 5.90. The monoisotopic (exact) mass is 167 g/mol. The van der Waals surface area contributed by atoms with E-state index in [2.05, 4.69) is 4.98 Å². The maximum absolute atomic E-state index is 5.90. The highest BCUT2D eigenvalue weighted by Gasteiger charge is 2.06. The van der Waals surface area contributed by atoms with E-state index in [9.17, 15) is 0 Å². The number of hydrogen-bond acceptors (Lipinski definition) is 2. The minimum atomic E-state index is 0.103. The zero-order valence-electron chi connectivity index (χ0n) is 7.46. The fourth-order valence-electron chi connectivity index (χ4n) is 1.17. The van der Waals surface area contributed by atoms with Crippen LogP contribution < -0.4 is 11.5 Å². The van der Waals surface area contributed by atoms with Crippen molar-refractivity contribution in [2.24, 2.45) is 11.5 Å². The molecular formula is C9H17N3. The average Bonchev–Trinajstić information content (AvgIpc) is 2.51. The Morgan fingerprint density at radius 3 is 2.67 bits per heavy atom. The molecule has 0 aliphatic carbocycles. The first-order chi connectivity index (χ1) is 5.70. The van der Waals surface area contributed by atoms with Crippen molar-refractivity contribution in [3.05, 3.63) is 24.0 Å². The Kier molecular flexibility index (Phi) is 3.31. The number of aromatic amines is 1. The third kappa shape index (κ3) is 2.68. The topological polar surface area (TPSA) is 67.8 Å². The van der Waals surface area contributed by atoms with E-state index in [0.29, 0.717) is 0 Å². The van der Waals surface area contributed by atoms with E-state index >= 15 is 0 Å². The van der Waals surface area contributed by atoms with Gasteiger partial charge in [0.25, 0.3) is 0 Å². The van der Waals surface area contributed by atoms with Crippen LogP contribution in [0.25, 0.3) is 0 Å². The lowest BCUT2D eigenvalue weighted by Crippen LogP contribution is -2.19. The summed E-state index contributed by atoms with van der Waals surface area (Å²) in [7, 11) is 0. The van der Waals surface area contributed by atoms with Gasteiger partial charge in [-0.3, -0.25) is 0 Å². The number of nitrogens with one attached hydrogen (secondary N) is 1. The molecule has 1 aromatic rings. The highest BCUT2D eigenvalue weighted by Crippen LogP contribution is 2.13. The molecule has 1 heterocycles. The average molecular weight is 167 g/mol. The predicted molar refractivity (Wildman–Crippen MR) is 50.6 cm³/mol. The van der Waals surface area contributed by atoms with Crippen molar-refractivity contribution in [1.82, 2.24) is 4.98 Å². The molecule has 0 aromatic carbocycles. The third-order valence-electron chi connectivity index (χ3n) is 1.95. The highest BCUT2D eigenvalue weighted by atomic mass is 14.8. The molecule has 0 radical (unpaired) electrons. The van der Waals surface area contributed by atoms with Crippen molar-refractivity contribution < 1.29 is 0 Å². The third-order valence-corrected chi connectivity index (χ3v) is 1.95. The first-order valence-electron chi connectivity index (χ1n) is 4.34. The molecule has 0 bridgehead atoms. The van der Waals surface area contributed by atoms with E-state index in [-0.39, 0.29) is 12.1 Å². The summed E-state index contributed by atoms with van der Waals surface area (Å²) in [5.41, 5.74) is 12.6. The molecule has 2 atom stereocenters. The molecular weight excluding hydrogens is 150 g/mol. The van der Waals surface area contributed by atoms with E-state index in [1.807, 2.05) is 25.3 Å². The largest absolute Gasteiger partial charge is 0.364 e. The second kappa shape index (κ2) is 4.28. The van der Waals surface area contributed by atoms with Gasteiger partial charge in [0.1, 0.15) is 0 Å². The summed E-state index contributed by atoms with van der Waals surface area (Å²) in [6, 6.07) is 4.31. The summed E-state index contributed by atoms with van der Waals surface area (Å²) in [4.78, 5) is 3.09. The molecule has 0 aliphatic rings.